The van der Waals surface area contributed by atoms with E-state index in [9.17, 15) is 4.79 Å². The standard InChI is InChI=1S/C23H31NO4/c1-7-26-20-14-18(15-21(27-8-2)22(20)28-9-3)23(25)24(6)19-12-10-11-17(13-19)16(4)5/h10-16H,7-9H2,1-6H3. The zero-order chi connectivity index (χ0) is 20.7. The molecule has 0 unspecified atom stereocenters. The molecule has 0 fully saturated rings. The third kappa shape index (κ3) is 4.97. The number of rotatable bonds is 9. The van der Waals surface area contributed by atoms with Crippen LogP contribution < -0.4 is 19.1 Å². The van der Waals surface area contributed by atoms with Gasteiger partial charge in [0.1, 0.15) is 0 Å². The van der Waals surface area contributed by atoms with Gasteiger partial charge in [0.2, 0.25) is 5.75 Å². The Morgan fingerprint density at radius 2 is 1.50 bits per heavy atom. The molecule has 0 N–H and O–H groups in total. The molecule has 0 radical (unpaired) electrons. The molecule has 0 saturated heterocycles. The lowest BCUT2D eigenvalue weighted by atomic mass is 10.0. The summed E-state index contributed by atoms with van der Waals surface area (Å²) in [6.45, 7) is 11.4. The maximum absolute atomic E-state index is 13.2. The second kappa shape index (κ2) is 10.0. The molecule has 28 heavy (non-hydrogen) atoms. The number of hydrogen-bond donors (Lipinski definition) is 0. The zero-order valence-electron chi connectivity index (χ0n) is 17.7. The predicted octanol–water partition coefficient (Wildman–Crippen LogP) is 5.28. The van der Waals surface area contributed by atoms with Crippen LogP contribution in [-0.2, 0) is 0 Å². The summed E-state index contributed by atoms with van der Waals surface area (Å²) in [5, 5.41) is 0. The van der Waals surface area contributed by atoms with Crippen LogP contribution in [0, 0.1) is 0 Å². The number of carbonyl (C=O) groups excluding carboxylic acids is 1. The van der Waals surface area contributed by atoms with Gasteiger partial charge in [-0.25, -0.2) is 0 Å². The topological polar surface area (TPSA) is 48.0 Å². The van der Waals surface area contributed by atoms with Gasteiger partial charge in [-0.3, -0.25) is 4.79 Å². The minimum absolute atomic E-state index is 0.133. The summed E-state index contributed by atoms with van der Waals surface area (Å²) in [6.07, 6.45) is 0. The van der Waals surface area contributed by atoms with Gasteiger partial charge in [0.05, 0.1) is 19.8 Å². The van der Waals surface area contributed by atoms with Gasteiger partial charge in [-0.1, -0.05) is 26.0 Å². The average Bonchev–Trinajstić information content (AvgIpc) is 2.69. The van der Waals surface area contributed by atoms with Crippen LogP contribution in [0.15, 0.2) is 36.4 Å². The maximum Gasteiger partial charge on any atom is 0.258 e. The van der Waals surface area contributed by atoms with Gasteiger partial charge >= 0.3 is 0 Å². The van der Waals surface area contributed by atoms with Crippen molar-refractivity contribution in [1.29, 1.82) is 0 Å². The van der Waals surface area contributed by atoms with Crippen LogP contribution in [0.5, 0.6) is 17.2 Å². The smallest absolute Gasteiger partial charge is 0.258 e. The number of hydrogen-bond acceptors (Lipinski definition) is 4. The van der Waals surface area contributed by atoms with Crippen molar-refractivity contribution in [2.75, 3.05) is 31.8 Å². The second-order valence-corrected chi connectivity index (χ2v) is 6.71. The largest absolute Gasteiger partial charge is 0.490 e. The van der Waals surface area contributed by atoms with Crippen molar-refractivity contribution < 1.29 is 19.0 Å². The van der Waals surface area contributed by atoms with E-state index in [1.54, 1.807) is 24.1 Å². The summed E-state index contributed by atoms with van der Waals surface area (Å²) >= 11 is 0. The number of ether oxygens (including phenoxy) is 3. The fourth-order valence-corrected chi connectivity index (χ4v) is 2.92. The number of benzene rings is 2. The lowest BCUT2D eigenvalue weighted by molar-refractivity contribution is 0.0992. The second-order valence-electron chi connectivity index (χ2n) is 6.71. The van der Waals surface area contributed by atoms with Gasteiger partial charge < -0.3 is 19.1 Å². The summed E-state index contributed by atoms with van der Waals surface area (Å²) in [4.78, 5) is 14.8. The molecule has 152 valence electrons. The molecule has 2 aromatic carbocycles. The molecule has 0 atom stereocenters. The van der Waals surface area contributed by atoms with E-state index in [4.69, 9.17) is 14.2 Å². The van der Waals surface area contributed by atoms with Crippen molar-refractivity contribution in [3.63, 3.8) is 0 Å². The Balaban J connectivity index is 2.44. The highest BCUT2D eigenvalue weighted by Gasteiger charge is 2.21. The predicted molar refractivity (Wildman–Crippen MR) is 113 cm³/mol. The highest BCUT2D eigenvalue weighted by molar-refractivity contribution is 6.06. The van der Waals surface area contributed by atoms with Crippen molar-refractivity contribution in [3.8, 4) is 17.2 Å². The zero-order valence-corrected chi connectivity index (χ0v) is 17.7. The van der Waals surface area contributed by atoms with E-state index < -0.39 is 0 Å². The van der Waals surface area contributed by atoms with E-state index in [-0.39, 0.29) is 5.91 Å². The Bertz CT molecular complexity index is 774. The maximum atomic E-state index is 13.2. The first-order valence-corrected chi connectivity index (χ1v) is 9.87. The Labute approximate surface area is 168 Å². The molecule has 0 aliphatic rings. The molecule has 5 heteroatoms. The van der Waals surface area contributed by atoms with E-state index in [1.807, 2.05) is 39.0 Å². The normalized spacial score (nSPS) is 10.7. The van der Waals surface area contributed by atoms with Gasteiger partial charge in [-0.15, -0.1) is 0 Å². The summed E-state index contributed by atoms with van der Waals surface area (Å²) in [5.41, 5.74) is 2.53. The Morgan fingerprint density at radius 3 is 2.00 bits per heavy atom. The van der Waals surface area contributed by atoms with Gasteiger partial charge in [0.15, 0.2) is 11.5 Å². The average molecular weight is 386 g/mol. The first-order valence-electron chi connectivity index (χ1n) is 9.87. The molecule has 2 aromatic rings. The molecule has 5 nitrogen and oxygen atoms in total. The van der Waals surface area contributed by atoms with Crippen molar-refractivity contribution in [2.24, 2.45) is 0 Å². The summed E-state index contributed by atoms with van der Waals surface area (Å²) in [5.74, 6) is 1.83. The Hall–Kier alpha value is -2.69. The molecule has 0 aromatic heterocycles. The first kappa shape index (κ1) is 21.6. The highest BCUT2D eigenvalue weighted by atomic mass is 16.5. The van der Waals surface area contributed by atoms with Crippen molar-refractivity contribution >= 4 is 11.6 Å². The fraction of sp³-hybridized carbons (Fsp3) is 0.435. The van der Waals surface area contributed by atoms with Crippen molar-refractivity contribution in [2.45, 2.75) is 40.5 Å². The molecule has 0 aliphatic carbocycles. The summed E-state index contributed by atoms with van der Waals surface area (Å²) in [7, 11) is 1.78. The van der Waals surface area contributed by atoms with Crippen molar-refractivity contribution in [3.05, 3.63) is 47.5 Å². The van der Waals surface area contributed by atoms with Crippen molar-refractivity contribution in [1.82, 2.24) is 0 Å². The Morgan fingerprint density at radius 1 is 0.929 bits per heavy atom. The van der Waals surface area contributed by atoms with E-state index in [1.165, 1.54) is 5.56 Å². The highest BCUT2D eigenvalue weighted by Crippen LogP contribution is 2.39. The molecule has 0 aliphatic heterocycles. The van der Waals surface area contributed by atoms with E-state index in [0.717, 1.165) is 5.69 Å². The SMILES string of the molecule is CCOc1cc(C(=O)N(C)c2cccc(C(C)C)c2)cc(OCC)c1OCC. The van der Waals surface area contributed by atoms with E-state index in [2.05, 4.69) is 19.9 Å². The van der Waals surface area contributed by atoms with Crippen LogP contribution in [0.25, 0.3) is 0 Å². The third-order valence-electron chi connectivity index (χ3n) is 4.38. The summed E-state index contributed by atoms with van der Waals surface area (Å²) in [6, 6.07) is 11.5. The minimum atomic E-state index is -0.133. The molecular formula is C23H31NO4. The van der Waals surface area contributed by atoms with Gasteiger partial charge in [0.25, 0.3) is 5.91 Å². The lowest BCUT2D eigenvalue weighted by Gasteiger charge is -2.21. The quantitative estimate of drug-likeness (QED) is 0.589. The fourth-order valence-electron chi connectivity index (χ4n) is 2.92. The van der Waals surface area contributed by atoms with Crippen LogP contribution >= 0.6 is 0 Å². The molecular weight excluding hydrogens is 354 g/mol. The van der Waals surface area contributed by atoms with Crippen LogP contribution in [-0.4, -0.2) is 32.8 Å². The van der Waals surface area contributed by atoms with Crippen LogP contribution in [0.4, 0.5) is 5.69 Å². The molecule has 2 rings (SSSR count). The number of amides is 1. The molecule has 0 bridgehead atoms. The van der Waals surface area contributed by atoms with Gasteiger partial charge in [-0.2, -0.15) is 0 Å². The van der Waals surface area contributed by atoms with Crippen LogP contribution in [0.2, 0.25) is 0 Å². The van der Waals surface area contributed by atoms with Crippen LogP contribution in [0.3, 0.4) is 0 Å². The van der Waals surface area contributed by atoms with Crippen LogP contribution in [0.1, 0.15) is 56.5 Å². The number of anilines is 1. The lowest BCUT2D eigenvalue weighted by Crippen LogP contribution is -2.26. The summed E-state index contributed by atoms with van der Waals surface area (Å²) < 4.78 is 17.2. The first-order chi connectivity index (χ1) is 13.4. The van der Waals surface area contributed by atoms with E-state index >= 15 is 0 Å². The van der Waals surface area contributed by atoms with Gasteiger partial charge in [-0.05, 0) is 56.5 Å². The molecule has 0 saturated carbocycles. The molecule has 0 spiro atoms. The Kier molecular flexibility index (Phi) is 7.73. The van der Waals surface area contributed by atoms with Gasteiger partial charge in [0, 0.05) is 18.3 Å². The number of carbonyl (C=O) groups is 1. The molecule has 1 amide bonds. The van der Waals surface area contributed by atoms with E-state index in [0.29, 0.717) is 48.6 Å². The number of nitrogens with zero attached hydrogens (tertiary/aromatic N) is 1. The molecule has 0 heterocycles. The monoisotopic (exact) mass is 385 g/mol. The minimum Gasteiger partial charge on any atom is -0.490 e. The third-order valence-corrected chi connectivity index (χ3v) is 4.38.